The molecular weight excluding hydrogens is 475 g/mol. The summed E-state index contributed by atoms with van der Waals surface area (Å²) in [6.07, 6.45) is 2.73. The van der Waals surface area contributed by atoms with Gasteiger partial charge in [0.1, 0.15) is 5.75 Å². The van der Waals surface area contributed by atoms with E-state index in [1.807, 2.05) is 37.4 Å². The number of pyridine rings is 1. The van der Waals surface area contributed by atoms with E-state index < -0.39 is 0 Å². The van der Waals surface area contributed by atoms with Crippen molar-refractivity contribution in [3.05, 3.63) is 71.9 Å². The minimum atomic E-state index is 0. The highest BCUT2D eigenvalue weighted by atomic mass is 127. The number of guanidine groups is 1. The van der Waals surface area contributed by atoms with Crippen molar-refractivity contribution in [1.82, 2.24) is 15.6 Å². The van der Waals surface area contributed by atoms with Crippen molar-refractivity contribution in [3.63, 3.8) is 0 Å². The average Bonchev–Trinajstić information content (AvgIpc) is 2.73. The van der Waals surface area contributed by atoms with E-state index in [9.17, 15) is 0 Å². The molecule has 5 nitrogen and oxygen atoms in total. The Morgan fingerprint density at radius 2 is 1.76 bits per heavy atom. The highest BCUT2D eigenvalue weighted by Crippen LogP contribution is 2.19. The van der Waals surface area contributed by atoms with Crippen molar-refractivity contribution in [2.24, 2.45) is 4.99 Å². The number of hydrogen-bond donors (Lipinski definition) is 2. The molecule has 0 aliphatic carbocycles. The molecule has 0 spiro atoms. The van der Waals surface area contributed by atoms with Gasteiger partial charge >= 0.3 is 0 Å². The van der Waals surface area contributed by atoms with Crippen molar-refractivity contribution in [2.75, 3.05) is 19.7 Å². The zero-order valence-electron chi connectivity index (χ0n) is 17.0. The number of ether oxygens (including phenoxy) is 1. The Labute approximate surface area is 190 Å². The van der Waals surface area contributed by atoms with E-state index in [-0.39, 0.29) is 24.0 Å². The summed E-state index contributed by atoms with van der Waals surface area (Å²) in [6, 6.07) is 18.4. The van der Waals surface area contributed by atoms with Crippen LogP contribution >= 0.6 is 24.0 Å². The third-order valence-corrected chi connectivity index (χ3v) is 4.43. The number of aromatic nitrogens is 1. The standard InChI is InChI=1S/C23H28N4O.HI/c1-3-24-23(27-17-20-9-5-6-13-21(20)28-4-2)26-16-14-19-11-7-10-18-12-8-15-25-22(18)19;/h5-13,15H,3-4,14,16-17H2,1-2H3,(H2,24,26,27);1H. The molecule has 0 saturated carbocycles. The predicted octanol–water partition coefficient (Wildman–Crippen LogP) is 4.55. The van der Waals surface area contributed by atoms with E-state index in [1.54, 1.807) is 0 Å². The largest absolute Gasteiger partial charge is 0.494 e. The molecule has 0 aliphatic heterocycles. The zero-order valence-corrected chi connectivity index (χ0v) is 19.4. The van der Waals surface area contributed by atoms with Gasteiger partial charge in [-0.1, -0.05) is 42.5 Å². The smallest absolute Gasteiger partial charge is 0.191 e. The second kappa shape index (κ2) is 12.3. The molecule has 29 heavy (non-hydrogen) atoms. The van der Waals surface area contributed by atoms with Crippen LogP contribution in [0, 0.1) is 0 Å². The minimum absolute atomic E-state index is 0. The van der Waals surface area contributed by atoms with Crippen molar-refractivity contribution >= 4 is 40.8 Å². The summed E-state index contributed by atoms with van der Waals surface area (Å²) in [4.78, 5) is 9.25. The van der Waals surface area contributed by atoms with Gasteiger partial charge in [0.05, 0.1) is 18.7 Å². The fourth-order valence-electron chi connectivity index (χ4n) is 3.12. The molecule has 0 fully saturated rings. The molecule has 0 amide bonds. The van der Waals surface area contributed by atoms with Gasteiger partial charge in [-0.15, -0.1) is 24.0 Å². The molecule has 154 valence electrons. The quantitative estimate of drug-likeness (QED) is 0.269. The fraction of sp³-hybridized carbons (Fsp3) is 0.304. The van der Waals surface area contributed by atoms with E-state index in [1.165, 1.54) is 10.9 Å². The Morgan fingerprint density at radius 1 is 0.966 bits per heavy atom. The van der Waals surface area contributed by atoms with E-state index in [2.05, 4.69) is 52.9 Å². The maximum atomic E-state index is 5.69. The number of para-hydroxylation sites is 2. The van der Waals surface area contributed by atoms with Crippen LogP contribution < -0.4 is 15.4 Å². The van der Waals surface area contributed by atoms with Gasteiger partial charge in [-0.3, -0.25) is 4.98 Å². The molecule has 0 atom stereocenters. The van der Waals surface area contributed by atoms with Crippen LogP contribution in [0.4, 0.5) is 0 Å². The van der Waals surface area contributed by atoms with Gasteiger partial charge < -0.3 is 15.4 Å². The SMILES string of the molecule is CCNC(=NCc1ccccc1OCC)NCCc1cccc2cccnc12.I. The molecule has 2 N–H and O–H groups in total. The summed E-state index contributed by atoms with van der Waals surface area (Å²) in [6.45, 7) is 6.89. The van der Waals surface area contributed by atoms with Crippen LogP contribution in [0.2, 0.25) is 0 Å². The highest BCUT2D eigenvalue weighted by molar-refractivity contribution is 14.0. The predicted molar refractivity (Wildman–Crippen MR) is 131 cm³/mol. The Morgan fingerprint density at radius 3 is 2.59 bits per heavy atom. The number of nitrogens with zero attached hydrogens (tertiary/aromatic N) is 2. The molecule has 0 radical (unpaired) electrons. The maximum absolute atomic E-state index is 5.69. The summed E-state index contributed by atoms with van der Waals surface area (Å²) in [5, 5.41) is 7.91. The van der Waals surface area contributed by atoms with Crippen LogP contribution in [0.15, 0.2) is 65.8 Å². The lowest BCUT2D eigenvalue weighted by Crippen LogP contribution is -2.38. The minimum Gasteiger partial charge on any atom is -0.494 e. The molecule has 6 heteroatoms. The van der Waals surface area contributed by atoms with Crippen molar-refractivity contribution in [2.45, 2.75) is 26.8 Å². The maximum Gasteiger partial charge on any atom is 0.191 e. The van der Waals surface area contributed by atoms with Crippen LogP contribution in [-0.2, 0) is 13.0 Å². The number of hydrogen-bond acceptors (Lipinski definition) is 3. The van der Waals surface area contributed by atoms with Gasteiger partial charge in [0.2, 0.25) is 0 Å². The Bertz CT molecular complexity index is 924. The lowest BCUT2D eigenvalue weighted by atomic mass is 10.1. The normalized spacial score (nSPS) is 11.0. The molecular formula is C23H29IN4O. The lowest BCUT2D eigenvalue weighted by molar-refractivity contribution is 0.336. The second-order valence-electron chi connectivity index (χ2n) is 6.40. The second-order valence-corrected chi connectivity index (χ2v) is 6.40. The molecule has 0 saturated heterocycles. The van der Waals surface area contributed by atoms with Crippen LogP contribution in [0.5, 0.6) is 5.75 Å². The number of aliphatic imine (C=N–C) groups is 1. The van der Waals surface area contributed by atoms with Gasteiger partial charge in [0, 0.05) is 30.2 Å². The average molecular weight is 504 g/mol. The number of halogens is 1. The van der Waals surface area contributed by atoms with Gasteiger partial charge in [-0.25, -0.2) is 4.99 Å². The highest BCUT2D eigenvalue weighted by Gasteiger charge is 2.05. The summed E-state index contributed by atoms with van der Waals surface area (Å²) in [7, 11) is 0. The first-order valence-electron chi connectivity index (χ1n) is 9.87. The van der Waals surface area contributed by atoms with Gasteiger partial charge in [-0.2, -0.15) is 0 Å². The van der Waals surface area contributed by atoms with Gasteiger partial charge in [0.15, 0.2) is 5.96 Å². The summed E-state index contributed by atoms with van der Waals surface area (Å²) in [5.74, 6) is 1.70. The molecule has 0 bridgehead atoms. The first-order valence-corrected chi connectivity index (χ1v) is 9.87. The van der Waals surface area contributed by atoms with E-state index >= 15 is 0 Å². The first kappa shape index (κ1) is 22.9. The Hall–Kier alpha value is -2.35. The molecule has 3 aromatic rings. The fourth-order valence-corrected chi connectivity index (χ4v) is 3.12. The van der Waals surface area contributed by atoms with Crippen LogP contribution in [-0.4, -0.2) is 30.6 Å². The van der Waals surface area contributed by atoms with Gasteiger partial charge in [-0.05, 0) is 38.0 Å². The van der Waals surface area contributed by atoms with E-state index in [4.69, 9.17) is 9.73 Å². The summed E-state index contributed by atoms with van der Waals surface area (Å²) < 4.78 is 5.69. The molecule has 2 aromatic carbocycles. The third-order valence-electron chi connectivity index (χ3n) is 4.43. The Balaban J connectivity index is 0.00000300. The first-order chi connectivity index (χ1) is 13.8. The topological polar surface area (TPSA) is 58.5 Å². The number of nitrogens with one attached hydrogen (secondary N) is 2. The van der Waals surface area contributed by atoms with Crippen molar-refractivity contribution < 1.29 is 4.74 Å². The number of rotatable bonds is 8. The van der Waals surface area contributed by atoms with Crippen molar-refractivity contribution in [3.8, 4) is 5.75 Å². The lowest BCUT2D eigenvalue weighted by Gasteiger charge is -2.13. The summed E-state index contributed by atoms with van der Waals surface area (Å²) >= 11 is 0. The summed E-state index contributed by atoms with van der Waals surface area (Å²) in [5.41, 5.74) is 3.39. The number of benzene rings is 2. The van der Waals surface area contributed by atoms with Crippen LogP contribution in [0.25, 0.3) is 10.9 Å². The van der Waals surface area contributed by atoms with Crippen LogP contribution in [0.1, 0.15) is 25.0 Å². The van der Waals surface area contributed by atoms with E-state index in [0.29, 0.717) is 13.2 Å². The van der Waals surface area contributed by atoms with Gasteiger partial charge in [0.25, 0.3) is 0 Å². The third kappa shape index (κ3) is 6.59. The molecule has 0 unspecified atom stereocenters. The van der Waals surface area contributed by atoms with E-state index in [0.717, 1.165) is 42.3 Å². The van der Waals surface area contributed by atoms with Crippen LogP contribution in [0.3, 0.4) is 0 Å². The van der Waals surface area contributed by atoms with Crippen molar-refractivity contribution in [1.29, 1.82) is 0 Å². The molecule has 3 rings (SSSR count). The molecule has 0 aliphatic rings. The number of fused-ring (bicyclic) bond motifs is 1. The monoisotopic (exact) mass is 504 g/mol. The Kier molecular flexibility index (Phi) is 9.70. The zero-order chi connectivity index (χ0) is 19.6. The molecule has 1 aromatic heterocycles. The molecule has 1 heterocycles.